The number of nitrogens with zero attached hydrogens (tertiary/aromatic N) is 1. The lowest BCUT2D eigenvalue weighted by atomic mass is 9.91. The van der Waals surface area contributed by atoms with Crippen molar-refractivity contribution in [2.45, 2.75) is 5.92 Å². The summed E-state index contributed by atoms with van der Waals surface area (Å²) < 4.78 is 0. The molecular weight excluding hydrogens is 194 g/mol. The van der Waals surface area contributed by atoms with Crippen molar-refractivity contribution in [3.63, 3.8) is 0 Å². The van der Waals surface area contributed by atoms with Crippen LogP contribution in [0.5, 0.6) is 0 Å². The first-order chi connectivity index (χ1) is 7.92. The molecule has 0 aliphatic carbocycles. The topological polar surface area (TPSA) is 4.36 Å². The summed E-state index contributed by atoms with van der Waals surface area (Å²) in [6.45, 7) is 5.95. The molecule has 2 aromatic rings. The highest BCUT2D eigenvalue weighted by Gasteiger charge is 2.17. The van der Waals surface area contributed by atoms with Gasteiger partial charge in [-0.1, -0.05) is 65.5 Å². The van der Waals surface area contributed by atoms with Crippen LogP contribution in [0.4, 0.5) is 0 Å². The molecular formula is C15H14N+. The van der Waals surface area contributed by atoms with Crippen LogP contribution in [0.25, 0.3) is 4.85 Å². The van der Waals surface area contributed by atoms with Crippen LogP contribution >= 0.6 is 0 Å². The smallest absolute Gasteiger partial charge is 0.0859 e. The second-order valence-electron chi connectivity index (χ2n) is 3.74. The molecule has 0 N–H and O–H groups in total. The van der Waals surface area contributed by atoms with Gasteiger partial charge in [0.1, 0.15) is 0 Å². The van der Waals surface area contributed by atoms with E-state index in [4.69, 9.17) is 6.57 Å². The van der Waals surface area contributed by atoms with Crippen molar-refractivity contribution in [1.82, 2.24) is 0 Å². The maximum absolute atomic E-state index is 5.33. The Balaban J connectivity index is 2.36. The first-order valence-electron chi connectivity index (χ1n) is 5.38. The first kappa shape index (κ1) is 10.4. The van der Waals surface area contributed by atoms with Gasteiger partial charge < -0.3 is 0 Å². The van der Waals surface area contributed by atoms with Crippen LogP contribution in [0.2, 0.25) is 0 Å². The van der Waals surface area contributed by atoms with Crippen molar-refractivity contribution >= 4 is 0 Å². The molecule has 0 aliphatic rings. The van der Waals surface area contributed by atoms with Gasteiger partial charge >= 0.3 is 0 Å². The molecule has 0 amide bonds. The normalized spacial score (nSPS) is 10.0. The largest absolute Gasteiger partial charge is 0.274 e. The monoisotopic (exact) mass is 208 g/mol. The molecule has 0 radical (unpaired) electrons. The minimum Gasteiger partial charge on any atom is -0.0859 e. The Hall–Kier alpha value is -2.07. The summed E-state index contributed by atoms with van der Waals surface area (Å²) in [5, 5.41) is 0. The zero-order chi connectivity index (χ0) is 11.2. The van der Waals surface area contributed by atoms with Crippen molar-refractivity contribution in [3.05, 3.63) is 76.6 Å². The maximum Gasteiger partial charge on any atom is 0.274 e. The molecule has 2 aromatic carbocycles. The van der Waals surface area contributed by atoms with Gasteiger partial charge in [-0.25, -0.2) is 0 Å². The number of hydrogen-bond donors (Lipinski definition) is 0. The molecule has 0 saturated heterocycles. The first-order valence-corrected chi connectivity index (χ1v) is 5.38. The molecule has 16 heavy (non-hydrogen) atoms. The van der Waals surface area contributed by atoms with Crippen LogP contribution in [-0.4, -0.2) is 6.54 Å². The fourth-order valence-electron chi connectivity index (χ4n) is 1.88. The summed E-state index contributed by atoms with van der Waals surface area (Å²) in [6, 6.07) is 20.7. The molecule has 0 bridgehead atoms. The van der Waals surface area contributed by atoms with Gasteiger partial charge in [0.05, 0.1) is 5.92 Å². The molecule has 78 valence electrons. The molecule has 1 nitrogen and oxygen atoms in total. The predicted octanol–water partition coefficient (Wildman–Crippen LogP) is 3.78. The second-order valence-corrected chi connectivity index (χ2v) is 3.74. The standard InChI is InChI=1S/C15H14N/c1-16-12-15(13-8-4-2-5-9-13)14-10-6-3-7-11-14/h1-11,15H,12H2/q+1. The van der Waals surface area contributed by atoms with E-state index in [2.05, 4.69) is 29.1 Å². The zero-order valence-electron chi connectivity index (χ0n) is 9.08. The number of rotatable bonds is 3. The summed E-state index contributed by atoms with van der Waals surface area (Å²) in [5.74, 6) is 0.257. The Bertz CT molecular complexity index is 428. The van der Waals surface area contributed by atoms with Crippen molar-refractivity contribution in [3.8, 4) is 6.57 Å². The van der Waals surface area contributed by atoms with E-state index in [-0.39, 0.29) is 5.92 Å². The van der Waals surface area contributed by atoms with Crippen molar-refractivity contribution in [1.29, 1.82) is 0 Å². The molecule has 0 unspecified atom stereocenters. The van der Waals surface area contributed by atoms with Crippen LogP contribution in [-0.2, 0) is 0 Å². The third-order valence-corrected chi connectivity index (χ3v) is 2.69. The van der Waals surface area contributed by atoms with Gasteiger partial charge in [-0.2, -0.15) is 0 Å². The minimum absolute atomic E-state index is 0.257. The van der Waals surface area contributed by atoms with Crippen LogP contribution in [0.1, 0.15) is 17.0 Å². The van der Waals surface area contributed by atoms with E-state index in [9.17, 15) is 0 Å². The highest BCUT2D eigenvalue weighted by Crippen LogP contribution is 2.24. The van der Waals surface area contributed by atoms with E-state index in [0.717, 1.165) is 0 Å². The molecule has 0 saturated carbocycles. The Morgan fingerprint density at radius 3 is 1.62 bits per heavy atom. The van der Waals surface area contributed by atoms with Crippen molar-refractivity contribution in [2.24, 2.45) is 0 Å². The van der Waals surface area contributed by atoms with Crippen molar-refractivity contribution in [2.75, 3.05) is 6.54 Å². The van der Waals surface area contributed by atoms with E-state index >= 15 is 0 Å². The van der Waals surface area contributed by atoms with Gasteiger partial charge in [0.25, 0.3) is 13.1 Å². The van der Waals surface area contributed by atoms with Crippen molar-refractivity contribution < 1.29 is 0 Å². The molecule has 0 atom stereocenters. The maximum atomic E-state index is 5.33. The Labute approximate surface area is 96.2 Å². The molecule has 1 heteroatoms. The van der Waals surface area contributed by atoms with Crippen LogP contribution in [0.15, 0.2) is 60.7 Å². The van der Waals surface area contributed by atoms with Gasteiger partial charge in [0.2, 0.25) is 0 Å². The number of hydrogen-bond acceptors (Lipinski definition) is 0. The molecule has 0 aliphatic heterocycles. The van der Waals surface area contributed by atoms with Gasteiger partial charge in [-0.15, -0.1) is 0 Å². The summed E-state index contributed by atoms with van der Waals surface area (Å²) in [7, 11) is 0. The third kappa shape index (κ3) is 2.29. The predicted molar refractivity (Wildman–Crippen MR) is 67.9 cm³/mol. The van der Waals surface area contributed by atoms with Gasteiger partial charge in [0.15, 0.2) is 0 Å². The highest BCUT2D eigenvalue weighted by molar-refractivity contribution is 5.33. The summed E-state index contributed by atoms with van der Waals surface area (Å²) >= 11 is 0. The van der Waals surface area contributed by atoms with E-state index in [1.54, 1.807) is 0 Å². The Morgan fingerprint density at radius 1 is 0.812 bits per heavy atom. The summed E-state index contributed by atoms with van der Waals surface area (Å²) in [6.07, 6.45) is 0. The van der Waals surface area contributed by atoms with E-state index in [1.807, 2.05) is 36.4 Å². The quantitative estimate of drug-likeness (QED) is 0.723. The molecule has 0 heterocycles. The fraction of sp³-hybridized carbons (Fsp3) is 0.133. The van der Waals surface area contributed by atoms with Gasteiger partial charge in [-0.3, -0.25) is 0 Å². The average Bonchev–Trinajstić information content (AvgIpc) is 2.38. The van der Waals surface area contributed by atoms with E-state index in [0.29, 0.717) is 6.54 Å². The van der Waals surface area contributed by atoms with Gasteiger partial charge in [-0.05, 0) is 11.1 Å². The van der Waals surface area contributed by atoms with Crippen LogP contribution in [0.3, 0.4) is 0 Å². The van der Waals surface area contributed by atoms with E-state index < -0.39 is 0 Å². The average molecular weight is 208 g/mol. The Kier molecular flexibility index (Phi) is 3.35. The fourth-order valence-corrected chi connectivity index (χ4v) is 1.88. The SMILES string of the molecule is C#[N+]CC(c1ccccc1)c1ccccc1. The third-order valence-electron chi connectivity index (χ3n) is 2.69. The Morgan fingerprint density at radius 2 is 1.25 bits per heavy atom. The molecule has 2 rings (SSSR count). The second kappa shape index (κ2) is 5.14. The lowest BCUT2D eigenvalue weighted by molar-refractivity contribution is 0.887. The lowest BCUT2D eigenvalue weighted by Gasteiger charge is -2.10. The van der Waals surface area contributed by atoms with Gasteiger partial charge in [0, 0.05) is 0 Å². The number of benzene rings is 2. The zero-order valence-corrected chi connectivity index (χ0v) is 9.08. The summed E-state index contributed by atoms with van der Waals surface area (Å²) in [5.41, 5.74) is 2.51. The lowest BCUT2D eigenvalue weighted by Crippen LogP contribution is -2.03. The van der Waals surface area contributed by atoms with Crippen LogP contribution in [0, 0.1) is 6.57 Å². The molecule has 0 aromatic heterocycles. The highest BCUT2D eigenvalue weighted by atomic mass is 14.6. The van der Waals surface area contributed by atoms with E-state index in [1.165, 1.54) is 11.1 Å². The van der Waals surface area contributed by atoms with Crippen LogP contribution < -0.4 is 0 Å². The molecule has 0 fully saturated rings. The molecule has 0 spiro atoms. The minimum atomic E-state index is 0.257. The summed E-state index contributed by atoms with van der Waals surface area (Å²) in [4.78, 5) is 3.79.